The second-order valence-electron chi connectivity index (χ2n) is 4.17. The van der Waals surface area contributed by atoms with Gasteiger partial charge in [0.05, 0.1) is 0 Å². The van der Waals surface area contributed by atoms with E-state index in [1.807, 2.05) is 18.2 Å². The fourth-order valence-corrected chi connectivity index (χ4v) is 1.81. The van der Waals surface area contributed by atoms with Crippen LogP contribution >= 0.6 is 0 Å². The first-order valence-corrected chi connectivity index (χ1v) is 5.71. The average Bonchev–Trinajstić information content (AvgIpc) is 2.72. The van der Waals surface area contributed by atoms with Crippen molar-refractivity contribution in [2.75, 3.05) is 6.54 Å². The van der Waals surface area contributed by atoms with Crippen LogP contribution in [0.3, 0.4) is 0 Å². The van der Waals surface area contributed by atoms with Crippen LogP contribution in [0.2, 0.25) is 0 Å². The van der Waals surface area contributed by atoms with Crippen LogP contribution in [0.25, 0.3) is 0 Å². The molecule has 0 aliphatic carbocycles. The number of nitrogens with two attached hydrogens (primary N) is 1. The van der Waals surface area contributed by atoms with Gasteiger partial charge in [0.2, 0.25) is 0 Å². The fraction of sp³-hybridized carbons (Fsp3) is 0.286. The van der Waals surface area contributed by atoms with Crippen LogP contribution in [-0.4, -0.2) is 6.54 Å². The van der Waals surface area contributed by atoms with E-state index in [1.54, 1.807) is 13.0 Å². The lowest BCUT2D eigenvalue weighted by atomic mass is 10.1. The van der Waals surface area contributed by atoms with Crippen LogP contribution in [0, 0.1) is 12.7 Å². The van der Waals surface area contributed by atoms with Crippen molar-refractivity contribution in [2.24, 2.45) is 5.73 Å². The largest absolute Gasteiger partial charge is 0.466 e. The Kier molecular flexibility index (Phi) is 3.59. The number of hydrogen-bond acceptors (Lipinski definition) is 2. The normalized spacial score (nSPS) is 10.8. The minimum Gasteiger partial charge on any atom is -0.466 e. The molecular weight excluding hydrogens is 217 g/mol. The molecule has 0 atom stereocenters. The summed E-state index contributed by atoms with van der Waals surface area (Å²) in [5, 5.41) is 0. The summed E-state index contributed by atoms with van der Waals surface area (Å²) in [6, 6.07) is 9.02. The predicted molar refractivity (Wildman–Crippen MR) is 65.4 cm³/mol. The van der Waals surface area contributed by atoms with E-state index in [4.69, 9.17) is 10.2 Å². The zero-order chi connectivity index (χ0) is 12.3. The van der Waals surface area contributed by atoms with E-state index in [2.05, 4.69) is 0 Å². The highest BCUT2D eigenvalue weighted by atomic mass is 19.1. The monoisotopic (exact) mass is 233 g/mol. The number of benzene rings is 1. The first-order valence-electron chi connectivity index (χ1n) is 5.71. The van der Waals surface area contributed by atoms with Crippen molar-refractivity contribution < 1.29 is 8.81 Å². The van der Waals surface area contributed by atoms with Gasteiger partial charge in [-0.1, -0.05) is 12.1 Å². The predicted octanol–water partition coefficient (Wildman–Crippen LogP) is 2.82. The summed E-state index contributed by atoms with van der Waals surface area (Å²) < 4.78 is 18.7. The van der Waals surface area contributed by atoms with Crippen LogP contribution in [0.15, 0.2) is 34.7 Å². The van der Waals surface area contributed by atoms with Crippen molar-refractivity contribution >= 4 is 0 Å². The molecule has 0 saturated carbocycles. The maximum Gasteiger partial charge on any atom is 0.126 e. The molecule has 2 N–H and O–H groups in total. The van der Waals surface area contributed by atoms with Gasteiger partial charge in [-0.05, 0) is 42.8 Å². The van der Waals surface area contributed by atoms with Crippen molar-refractivity contribution in [1.29, 1.82) is 0 Å². The topological polar surface area (TPSA) is 39.2 Å². The van der Waals surface area contributed by atoms with E-state index >= 15 is 0 Å². The summed E-state index contributed by atoms with van der Waals surface area (Å²) in [4.78, 5) is 0. The Morgan fingerprint density at radius 3 is 2.65 bits per heavy atom. The lowest BCUT2D eigenvalue weighted by molar-refractivity contribution is 0.474. The van der Waals surface area contributed by atoms with Gasteiger partial charge in [0.25, 0.3) is 0 Å². The van der Waals surface area contributed by atoms with Gasteiger partial charge in [-0.25, -0.2) is 4.39 Å². The zero-order valence-electron chi connectivity index (χ0n) is 9.87. The van der Waals surface area contributed by atoms with E-state index in [1.165, 1.54) is 6.07 Å². The van der Waals surface area contributed by atoms with Gasteiger partial charge in [-0.3, -0.25) is 0 Å². The fourth-order valence-electron chi connectivity index (χ4n) is 1.81. The molecule has 2 rings (SSSR count). The summed E-state index contributed by atoms with van der Waals surface area (Å²) in [6.07, 6.45) is 1.44. The Balaban J connectivity index is 2.11. The lowest BCUT2D eigenvalue weighted by Crippen LogP contribution is -2.01. The second kappa shape index (κ2) is 5.15. The molecule has 2 nitrogen and oxygen atoms in total. The summed E-state index contributed by atoms with van der Waals surface area (Å²) in [5.74, 6) is 1.62. The smallest absolute Gasteiger partial charge is 0.126 e. The molecular formula is C14H16FNO. The Morgan fingerprint density at radius 2 is 1.94 bits per heavy atom. The van der Waals surface area contributed by atoms with Crippen molar-refractivity contribution in [3.63, 3.8) is 0 Å². The highest BCUT2D eigenvalue weighted by Crippen LogP contribution is 2.16. The van der Waals surface area contributed by atoms with Gasteiger partial charge in [-0.2, -0.15) is 0 Å². The minimum atomic E-state index is -0.169. The molecule has 17 heavy (non-hydrogen) atoms. The Bertz CT molecular complexity index is 505. The maximum absolute atomic E-state index is 13.1. The maximum atomic E-state index is 13.1. The Morgan fingerprint density at radius 1 is 1.18 bits per heavy atom. The third-order valence-corrected chi connectivity index (χ3v) is 2.71. The molecule has 1 aromatic heterocycles. The quantitative estimate of drug-likeness (QED) is 0.882. The highest BCUT2D eigenvalue weighted by molar-refractivity contribution is 5.27. The van der Waals surface area contributed by atoms with E-state index in [0.717, 1.165) is 23.5 Å². The van der Waals surface area contributed by atoms with Crippen molar-refractivity contribution in [3.8, 4) is 0 Å². The van der Waals surface area contributed by atoms with Crippen molar-refractivity contribution in [2.45, 2.75) is 19.8 Å². The van der Waals surface area contributed by atoms with Gasteiger partial charge in [0, 0.05) is 12.8 Å². The first kappa shape index (κ1) is 11.9. The number of halogens is 1. The van der Waals surface area contributed by atoms with Crippen LogP contribution in [0.5, 0.6) is 0 Å². The molecule has 0 aliphatic heterocycles. The van der Waals surface area contributed by atoms with Crippen LogP contribution in [0.4, 0.5) is 4.39 Å². The number of furan rings is 1. The van der Waals surface area contributed by atoms with Crippen LogP contribution in [-0.2, 0) is 12.8 Å². The Labute approximate surface area is 100 Å². The third kappa shape index (κ3) is 2.94. The van der Waals surface area contributed by atoms with E-state index in [-0.39, 0.29) is 5.82 Å². The Hall–Kier alpha value is -1.61. The molecule has 0 saturated heterocycles. The summed E-state index contributed by atoms with van der Waals surface area (Å²) >= 11 is 0. The summed E-state index contributed by atoms with van der Waals surface area (Å²) in [5.41, 5.74) is 7.17. The molecule has 0 radical (unpaired) electrons. The summed E-state index contributed by atoms with van der Waals surface area (Å²) in [6.45, 7) is 2.35. The molecule has 0 unspecified atom stereocenters. The SMILES string of the molecule is Cc1cc(Cc2ccc(CCN)o2)ccc1F. The molecule has 3 heteroatoms. The van der Waals surface area contributed by atoms with Gasteiger partial charge in [-0.15, -0.1) is 0 Å². The molecule has 0 bridgehead atoms. The van der Waals surface area contributed by atoms with E-state index < -0.39 is 0 Å². The van der Waals surface area contributed by atoms with Crippen molar-refractivity contribution in [3.05, 3.63) is 58.8 Å². The van der Waals surface area contributed by atoms with Crippen LogP contribution < -0.4 is 5.73 Å². The average molecular weight is 233 g/mol. The number of rotatable bonds is 4. The highest BCUT2D eigenvalue weighted by Gasteiger charge is 2.04. The molecule has 0 amide bonds. The van der Waals surface area contributed by atoms with Gasteiger partial charge in [0.15, 0.2) is 0 Å². The van der Waals surface area contributed by atoms with Gasteiger partial charge >= 0.3 is 0 Å². The summed E-state index contributed by atoms with van der Waals surface area (Å²) in [7, 11) is 0. The van der Waals surface area contributed by atoms with Crippen LogP contribution in [0.1, 0.15) is 22.6 Å². The molecule has 1 heterocycles. The second-order valence-corrected chi connectivity index (χ2v) is 4.17. The number of aryl methyl sites for hydroxylation is 1. The minimum absolute atomic E-state index is 0.169. The molecule has 0 spiro atoms. The van der Waals surface area contributed by atoms with Crippen molar-refractivity contribution in [1.82, 2.24) is 0 Å². The van der Waals surface area contributed by atoms with Gasteiger partial charge < -0.3 is 10.2 Å². The standard InChI is InChI=1S/C14H16FNO/c1-10-8-11(2-5-14(10)15)9-13-4-3-12(17-13)6-7-16/h2-5,8H,6-7,9,16H2,1H3. The molecule has 90 valence electrons. The lowest BCUT2D eigenvalue weighted by Gasteiger charge is -2.01. The third-order valence-electron chi connectivity index (χ3n) is 2.71. The first-order chi connectivity index (χ1) is 8.19. The zero-order valence-corrected chi connectivity index (χ0v) is 9.87. The molecule has 1 aromatic carbocycles. The number of hydrogen-bond donors (Lipinski definition) is 1. The molecule has 0 fully saturated rings. The van der Waals surface area contributed by atoms with Gasteiger partial charge in [0.1, 0.15) is 17.3 Å². The molecule has 2 aromatic rings. The van der Waals surface area contributed by atoms with E-state index in [9.17, 15) is 4.39 Å². The van der Waals surface area contributed by atoms with E-state index in [0.29, 0.717) is 18.5 Å². The molecule has 0 aliphatic rings.